The van der Waals surface area contributed by atoms with E-state index < -0.39 is 16.6 Å². The standard InChI is InChI=1S/C30H38O6/c1-26-7-8-27(2,25(35)36-6)15-22(26)30(5)12-10-28(3)18-13-20(33)24(34)17(16-31)23(18)19(32)14-21(28)29(30,4)11-9-26/h13-14,16,22,33-34H,7-12,15H2,1-6H3/t22-,26-,27-,28?,29-,30+/m1/s1. The van der Waals surface area contributed by atoms with Crippen LogP contribution >= 0.6 is 0 Å². The molecule has 1 unspecified atom stereocenters. The van der Waals surface area contributed by atoms with E-state index in [1.165, 1.54) is 13.2 Å². The van der Waals surface area contributed by atoms with Crippen LogP contribution in [0.2, 0.25) is 0 Å². The fourth-order valence-electron chi connectivity index (χ4n) is 8.91. The first-order valence-electron chi connectivity index (χ1n) is 13.1. The highest BCUT2D eigenvalue weighted by molar-refractivity contribution is 6.13. The molecule has 6 atom stereocenters. The molecule has 2 N–H and O–H groups in total. The zero-order valence-electron chi connectivity index (χ0n) is 22.3. The predicted octanol–water partition coefficient (Wildman–Crippen LogP) is 5.88. The number of allylic oxidation sites excluding steroid dienone is 2. The molecule has 0 radical (unpaired) electrons. The van der Waals surface area contributed by atoms with Crippen LogP contribution in [0.5, 0.6) is 11.5 Å². The van der Waals surface area contributed by atoms with E-state index in [1.54, 1.807) is 6.08 Å². The van der Waals surface area contributed by atoms with Gasteiger partial charge in [0.15, 0.2) is 23.6 Å². The molecule has 4 aliphatic rings. The van der Waals surface area contributed by atoms with Crippen LogP contribution in [-0.4, -0.2) is 35.4 Å². The normalized spacial score (nSPS) is 41.2. The number of hydrogen-bond donors (Lipinski definition) is 2. The van der Waals surface area contributed by atoms with Crippen LogP contribution in [0, 0.1) is 27.6 Å². The molecule has 0 aromatic heterocycles. The van der Waals surface area contributed by atoms with Crippen molar-refractivity contribution in [2.45, 2.75) is 85.0 Å². The van der Waals surface area contributed by atoms with E-state index in [1.807, 2.05) is 6.92 Å². The molecule has 194 valence electrons. The number of phenols is 2. The fraction of sp³-hybridized carbons (Fsp3) is 0.633. The lowest BCUT2D eigenvalue weighted by Crippen LogP contribution is -2.62. The van der Waals surface area contributed by atoms with Crippen LogP contribution in [0.3, 0.4) is 0 Å². The lowest BCUT2D eigenvalue weighted by molar-refractivity contribution is -0.179. The van der Waals surface area contributed by atoms with E-state index >= 15 is 0 Å². The molecule has 0 saturated heterocycles. The Morgan fingerprint density at radius 1 is 1.03 bits per heavy atom. The van der Waals surface area contributed by atoms with E-state index in [0.29, 0.717) is 11.8 Å². The monoisotopic (exact) mass is 494 g/mol. The van der Waals surface area contributed by atoms with Gasteiger partial charge in [-0.1, -0.05) is 27.7 Å². The number of phenolic OH excluding ortho intramolecular Hbond substituents is 2. The van der Waals surface area contributed by atoms with Gasteiger partial charge in [0, 0.05) is 11.0 Å². The summed E-state index contributed by atoms with van der Waals surface area (Å²) in [7, 11) is 1.47. The quantitative estimate of drug-likeness (QED) is 0.303. The SMILES string of the molecule is COC(=O)[C@]1(C)CC[C@]2(C)CC[C@]3(C)C4=CC(=O)c5c(cc(O)c(O)c5C=O)C4(C)CC[C@@]3(C)[C@@H]2C1. The summed E-state index contributed by atoms with van der Waals surface area (Å²) in [6.45, 7) is 11.1. The zero-order chi connectivity index (χ0) is 26.5. The summed E-state index contributed by atoms with van der Waals surface area (Å²) in [5.74, 6) is -1.07. The molecule has 6 heteroatoms. The summed E-state index contributed by atoms with van der Waals surface area (Å²) < 4.78 is 5.23. The third kappa shape index (κ3) is 2.87. The van der Waals surface area contributed by atoms with Crippen molar-refractivity contribution in [3.63, 3.8) is 0 Å². The molecule has 3 saturated carbocycles. The number of benzene rings is 1. The Bertz CT molecular complexity index is 1230. The van der Waals surface area contributed by atoms with Crippen molar-refractivity contribution in [3.8, 4) is 11.5 Å². The summed E-state index contributed by atoms with van der Waals surface area (Å²) in [6, 6.07) is 1.48. The first-order valence-corrected chi connectivity index (χ1v) is 13.1. The van der Waals surface area contributed by atoms with Crippen molar-refractivity contribution in [1.82, 2.24) is 0 Å². The second-order valence-electron chi connectivity index (χ2n) is 13.2. The van der Waals surface area contributed by atoms with Crippen LogP contribution in [0.15, 0.2) is 17.7 Å². The van der Waals surface area contributed by atoms with Crippen molar-refractivity contribution >= 4 is 18.0 Å². The number of aromatic hydroxyl groups is 2. The lowest BCUT2D eigenvalue weighted by Gasteiger charge is -2.69. The fourth-order valence-corrected chi connectivity index (χ4v) is 8.91. The number of ketones is 1. The van der Waals surface area contributed by atoms with Crippen molar-refractivity contribution < 1.29 is 29.3 Å². The molecule has 0 spiro atoms. The summed E-state index contributed by atoms with van der Waals surface area (Å²) in [4.78, 5) is 38.2. The summed E-state index contributed by atoms with van der Waals surface area (Å²) >= 11 is 0. The minimum atomic E-state index is -0.547. The van der Waals surface area contributed by atoms with Crippen molar-refractivity contribution in [1.29, 1.82) is 0 Å². The van der Waals surface area contributed by atoms with Gasteiger partial charge in [-0.05, 0) is 97.3 Å². The molecule has 0 heterocycles. The van der Waals surface area contributed by atoms with E-state index in [2.05, 4.69) is 27.7 Å². The van der Waals surface area contributed by atoms with Crippen molar-refractivity contribution in [2.75, 3.05) is 7.11 Å². The Morgan fingerprint density at radius 3 is 2.33 bits per heavy atom. The Kier molecular flexibility index (Phi) is 5.18. The molecule has 1 aromatic carbocycles. The van der Waals surface area contributed by atoms with Gasteiger partial charge in [0.05, 0.1) is 18.1 Å². The summed E-state index contributed by atoms with van der Waals surface area (Å²) in [5.41, 5.74) is 0.337. The number of fused-ring (bicyclic) bond motifs is 7. The van der Waals surface area contributed by atoms with Crippen LogP contribution in [0.25, 0.3) is 0 Å². The van der Waals surface area contributed by atoms with Crippen LogP contribution in [-0.2, 0) is 14.9 Å². The highest BCUT2D eigenvalue weighted by Gasteiger charge is 2.67. The van der Waals surface area contributed by atoms with Gasteiger partial charge in [0.25, 0.3) is 0 Å². The Morgan fingerprint density at radius 2 is 1.69 bits per heavy atom. The van der Waals surface area contributed by atoms with E-state index in [4.69, 9.17) is 4.74 Å². The van der Waals surface area contributed by atoms with E-state index in [0.717, 1.165) is 50.5 Å². The smallest absolute Gasteiger partial charge is 0.311 e. The van der Waals surface area contributed by atoms with Gasteiger partial charge < -0.3 is 14.9 Å². The molecule has 0 bridgehead atoms. The Hall–Kier alpha value is -2.63. The predicted molar refractivity (Wildman–Crippen MR) is 135 cm³/mol. The van der Waals surface area contributed by atoms with Crippen LogP contribution < -0.4 is 0 Å². The zero-order valence-corrected chi connectivity index (χ0v) is 22.3. The third-order valence-corrected chi connectivity index (χ3v) is 11.5. The largest absolute Gasteiger partial charge is 0.504 e. The number of hydrogen-bond acceptors (Lipinski definition) is 6. The number of methoxy groups -OCH3 is 1. The minimum absolute atomic E-state index is 0.113. The van der Waals surface area contributed by atoms with Gasteiger partial charge in [0.1, 0.15) is 0 Å². The average Bonchev–Trinajstić information content (AvgIpc) is 2.84. The van der Waals surface area contributed by atoms with E-state index in [-0.39, 0.29) is 50.8 Å². The molecule has 1 aromatic rings. The molecule has 6 nitrogen and oxygen atoms in total. The molecular formula is C30H38O6. The second-order valence-corrected chi connectivity index (χ2v) is 13.2. The highest BCUT2D eigenvalue weighted by Crippen LogP contribution is 2.74. The molecular weight excluding hydrogens is 456 g/mol. The number of aldehydes is 1. The number of ether oxygens (including phenoxy) is 1. The molecule has 4 aliphatic carbocycles. The number of rotatable bonds is 2. The summed E-state index contributed by atoms with van der Waals surface area (Å²) in [6.07, 6.45) is 8.32. The molecule has 0 aliphatic heterocycles. The molecule has 5 rings (SSSR count). The van der Waals surface area contributed by atoms with Crippen molar-refractivity contribution in [2.24, 2.45) is 27.6 Å². The minimum Gasteiger partial charge on any atom is -0.504 e. The second kappa shape index (κ2) is 7.45. The average molecular weight is 495 g/mol. The van der Waals surface area contributed by atoms with E-state index in [9.17, 15) is 24.6 Å². The van der Waals surface area contributed by atoms with Gasteiger partial charge in [-0.25, -0.2) is 0 Å². The van der Waals surface area contributed by atoms with Crippen molar-refractivity contribution in [3.05, 3.63) is 34.4 Å². The first-order chi connectivity index (χ1) is 16.7. The maximum Gasteiger partial charge on any atom is 0.311 e. The summed E-state index contributed by atoms with van der Waals surface area (Å²) in [5, 5.41) is 20.8. The maximum absolute atomic E-state index is 13.5. The topological polar surface area (TPSA) is 101 Å². The maximum atomic E-state index is 13.5. The highest BCUT2D eigenvalue weighted by atomic mass is 16.5. The van der Waals surface area contributed by atoms with Gasteiger partial charge in [0.2, 0.25) is 0 Å². The van der Waals surface area contributed by atoms with Crippen LogP contribution in [0.1, 0.15) is 106 Å². The Balaban J connectivity index is 1.67. The number of esters is 1. The van der Waals surface area contributed by atoms with Crippen LogP contribution in [0.4, 0.5) is 0 Å². The number of carbonyl (C=O) groups excluding carboxylic acids is 3. The lowest BCUT2D eigenvalue weighted by atomic mass is 9.34. The Labute approximate surface area is 213 Å². The third-order valence-electron chi connectivity index (χ3n) is 11.5. The molecule has 0 amide bonds. The first kappa shape index (κ1) is 25.0. The van der Waals surface area contributed by atoms with Gasteiger partial charge >= 0.3 is 5.97 Å². The molecule has 3 fully saturated rings. The van der Waals surface area contributed by atoms with Gasteiger partial charge in [-0.3, -0.25) is 14.4 Å². The van der Waals surface area contributed by atoms with Gasteiger partial charge in [-0.2, -0.15) is 0 Å². The van der Waals surface area contributed by atoms with Gasteiger partial charge in [-0.15, -0.1) is 0 Å². The number of carbonyl (C=O) groups is 3. The molecule has 36 heavy (non-hydrogen) atoms.